The normalized spacial score (nSPS) is 13.9. The van der Waals surface area contributed by atoms with E-state index < -0.39 is 0 Å². The molecule has 0 amide bonds. The largest absolute Gasteiger partial charge is 0.372 e. The van der Waals surface area contributed by atoms with Gasteiger partial charge >= 0.3 is 0 Å². The minimum Gasteiger partial charge on any atom is -0.372 e. The fourth-order valence-corrected chi connectivity index (χ4v) is 5.32. The van der Waals surface area contributed by atoms with Crippen LogP contribution in [0.5, 0.6) is 0 Å². The molecule has 0 unspecified atom stereocenters. The molecule has 5 rings (SSSR count). The fraction of sp³-hybridized carbons (Fsp3) is 0.303. The van der Waals surface area contributed by atoms with Gasteiger partial charge in [-0.25, -0.2) is 4.98 Å². The lowest BCUT2D eigenvalue weighted by atomic mass is 9.94. The van der Waals surface area contributed by atoms with Gasteiger partial charge in [-0.2, -0.15) is 0 Å². The molecule has 0 bridgehead atoms. The van der Waals surface area contributed by atoms with Gasteiger partial charge in [0.1, 0.15) is 5.82 Å². The lowest BCUT2D eigenvalue weighted by Gasteiger charge is -2.29. The Morgan fingerprint density at radius 3 is 2.64 bits per heavy atom. The maximum Gasteiger partial charge on any atom is 0.110 e. The number of aromatic nitrogens is 2. The first-order chi connectivity index (χ1) is 17.5. The van der Waals surface area contributed by atoms with E-state index in [-0.39, 0.29) is 0 Å². The number of rotatable bonds is 8. The molecule has 4 aromatic rings. The molecule has 1 fully saturated rings. The predicted octanol–water partition coefficient (Wildman–Crippen LogP) is 7.72. The number of benzene rings is 3. The number of hydrogen-bond acceptors (Lipinski definition) is 2. The van der Waals surface area contributed by atoms with Crippen LogP contribution in [0, 0.1) is 26.5 Å². The predicted molar refractivity (Wildman–Crippen MR) is 152 cm³/mol. The summed E-state index contributed by atoms with van der Waals surface area (Å²) in [6.07, 6.45) is 7.41. The zero-order valence-electron chi connectivity index (χ0n) is 21.4. The molecule has 3 heteroatoms. The van der Waals surface area contributed by atoms with E-state index in [0.717, 1.165) is 41.7 Å². The van der Waals surface area contributed by atoms with Crippen LogP contribution in [-0.4, -0.2) is 22.6 Å². The van der Waals surface area contributed by atoms with Gasteiger partial charge in [0.05, 0.1) is 11.0 Å². The summed E-state index contributed by atoms with van der Waals surface area (Å²) in [6.45, 7) is 19.4. The number of imidazole rings is 1. The molecule has 0 spiro atoms. The van der Waals surface area contributed by atoms with Crippen LogP contribution in [0.3, 0.4) is 0 Å². The van der Waals surface area contributed by atoms with E-state index in [4.69, 9.17) is 6.58 Å². The second-order valence-electron chi connectivity index (χ2n) is 9.91. The van der Waals surface area contributed by atoms with E-state index in [1.54, 1.807) is 0 Å². The molecule has 36 heavy (non-hydrogen) atoms. The first-order valence-corrected chi connectivity index (χ1v) is 13.2. The zero-order valence-corrected chi connectivity index (χ0v) is 21.4. The molecule has 3 nitrogen and oxygen atoms in total. The summed E-state index contributed by atoms with van der Waals surface area (Å²) < 4.78 is 2.11. The molecule has 0 N–H and O–H groups in total. The van der Waals surface area contributed by atoms with E-state index in [9.17, 15) is 0 Å². The second-order valence-corrected chi connectivity index (χ2v) is 9.91. The number of para-hydroxylation sites is 1. The van der Waals surface area contributed by atoms with Crippen LogP contribution < -0.4 is 4.90 Å². The standard InChI is InChI=1S/C33H35N3/c1-5-6-11-27-18-19-29(35-20-8-7-9-21-35)22-31(27)28-16-14-26(15-17-28)23-36-25(4)34-32-13-10-12-30(24(2)3)33(32)36/h2,10,12-14,16-19,22H,3-9,11,20-21,23H2,1H3. The number of fused-ring (bicyclic) bond motifs is 1. The number of piperidine rings is 1. The van der Waals surface area contributed by atoms with Gasteiger partial charge in [-0.3, -0.25) is 0 Å². The van der Waals surface area contributed by atoms with Gasteiger partial charge in [0, 0.05) is 37.8 Å². The van der Waals surface area contributed by atoms with Crippen LogP contribution in [0.4, 0.5) is 5.69 Å². The highest BCUT2D eigenvalue weighted by molar-refractivity contribution is 5.90. The summed E-state index contributed by atoms with van der Waals surface area (Å²) in [7, 11) is 0. The van der Waals surface area contributed by atoms with E-state index >= 15 is 0 Å². The van der Waals surface area contributed by atoms with Gasteiger partial charge in [-0.15, -0.1) is 0 Å². The molecule has 4 radical (unpaired) electrons. The minimum atomic E-state index is 0.536. The van der Waals surface area contributed by atoms with Gasteiger partial charge in [0.25, 0.3) is 0 Å². The quantitative estimate of drug-likeness (QED) is 0.261. The SMILES string of the molecule is [CH]=C([CH2])c1cccc2nc([CH2])n(Cc3[c]cc(-c4cc(N5CCCCC5)ccc4CCCC)cc3)c12. The van der Waals surface area contributed by atoms with Crippen molar-refractivity contribution in [2.45, 2.75) is 52.0 Å². The smallest absolute Gasteiger partial charge is 0.110 e. The number of aryl methyl sites for hydroxylation is 1. The van der Waals surface area contributed by atoms with E-state index in [1.165, 1.54) is 54.5 Å². The molecule has 0 saturated carbocycles. The highest BCUT2D eigenvalue weighted by Crippen LogP contribution is 2.32. The summed E-state index contributed by atoms with van der Waals surface area (Å²) in [4.78, 5) is 7.19. The Hall–Kier alpha value is -3.33. The number of nitrogens with zero attached hydrogens (tertiary/aromatic N) is 3. The van der Waals surface area contributed by atoms with E-state index in [2.05, 4.69) is 77.7 Å². The molecule has 3 aromatic carbocycles. The Kier molecular flexibility index (Phi) is 7.27. The molecule has 2 heterocycles. The summed E-state index contributed by atoms with van der Waals surface area (Å²) in [5, 5.41) is 0. The van der Waals surface area contributed by atoms with Gasteiger partial charge < -0.3 is 9.47 Å². The molecular weight excluding hydrogens is 438 g/mol. The van der Waals surface area contributed by atoms with E-state index in [0.29, 0.717) is 17.9 Å². The molecule has 0 aliphatic carbocycles. The van der Waals surface area contributed by atoms with Crippen molar-refractivity contribution in [2.75, 3.05) is 18.0 Å². The molecule has 182 valence electrons. The van der Waals surface area contributed by atoms with Crippen LogP contribution in [0.1, 0.15) is 61.5 Å². The highest BCUT2D eigenvalue weighted by Gasteiger charge is 2.15. The van der Waals surface area contributed by atoms with Crippen molar-refractivity contribution in [2.24, 2.45) is 0 Å². The van der Waals surface area contributed by atoms with Crippen LogP contribution in [0.25, 0.3) is 27.7 Å². The third kappa shape index (κ3) is 4.97. The second kappa shape index (κ2) is 10.7. The Morgan fingerprint density at radius 2 is 1.92 bits per heavy atom. The zero-order chi connectivity index (χ0) is 25.1. The van der Waals surface area contributed by atoms with Crippen LogP contribution in [-0.2, 0) is 13.0 Å². The molecule has 1 aliphatic rings. The average molecular weight is 474 g/mol. The van der Waals surface area contributed by atoms with Gasteiger partial charge in [0.15, 0.2) is 0 Å². The summed E-state index contributed by atoms with van der Waals surface area (Å²) in [5.41, 5.74) is 9.71. The Labute approximate surface area is 216 Å². The Morgan fingerprint density at radius 1 is 1.08 bits per heavy atom. The fourth-order valence-electron chi connectivity index (χ4n) is 5.32. The van der Waals surface area contributed by atoms with Gasteiger partial charge in [-0.05, 0) is 97.2 Å². The first kappa shape index (κ1) is 24.4. The van der Waals surface area contributed by atoms with Gasteiger partial charge in [-0.1, -0.05) is 50.3 Å². The monoisotopic (exact) mass is 473 g/mol. The number of allylic oxidation sites excluding steroid dienone is 1. The molecule has 1 aromatic heterocycles. The lowest BCUT2D eigenvalue weighted by Crippen LogP contribution is -2.29. The van der Waals surface area contributed by atoms with Gasteiger partial charge in [0.2, 0.25) is 0 Å². The Bertz CT molecular complexity index is 1350. The van der Waals surface area contributed by atoms with E-state index in [1.807, 2.05) is 18.2 Å². The van der Waals surface area contributed by atoms with Crippen LogP contribution >= 0.6 is 0 Å². The topological polar surface area (TPSA) is 21.1 Å². The minimum absolute atomic E-state index is 0.536. The van der Waals surface area contributed by atoms with Crippen LogP contribution in [0.15, 0.2) is 54.6 Å². The third-order valence-corrected chi connectivity index (χ3v) is 7.32. The average Bonchev–Trinajstić information content (AvgIpc) is 3.23. The van der Waals surface area contributed by atoms with Crippen LogP contribution in [0.2, 0.25) is 0 Å². The summed E-state index contributed by atoms with van der Waals surface area (Å²) in [6, 6.07) is 23.1. The lowest BCUT2D eigenvalue weighted by molar-refractivity contribution is 0.578. The van der Waals surface area contributed by atoms with Crippen molar-refractivity contribution in [1.29, 1.82) is 0 Å². The van der Waals surface area contributed by atoms with Crippen molar-refractivity contribution in [1.82, 2.24) is 9.55 Å². The molecule has 1 saturated heterocycles. The number of anilines is 1. The Balaban J connectivity index is 1.46. The van der Waals surface area contributed by atoms with Crippen molar-refractivity contribution in [3.63, 3.8) is 0 Å². The maximum atomic E-state index is 6.08. The third-order valence-electron chi connectivity index (χ3n) is 7.32. The molecular formula is C33H35N3. The molecule has 0 atom stereocenters. The summed E-state index contributed by atoms with van der Waals surface area (Å²) in [5.74, 6) is 0.715. The van der Waals surface area contributed by atoms with Crippen molar-refractivity contribution >= 4 is 22.3 Å². The first-order valence-electron chi connectivity index (χ1n) is 13.2. The number of hydrogen-bond donors (Lipinski definition) is 0. The number of unbranched alkanes of at least 4 members (excludes halogenated alkanes) is 1. The van der Waals surface area contributed by atoms with Crippen molar-refractivity contribution in [3.8, 4) is 11.1 Å². The molecule has 1 aliphatic heterocycles. The highest BCUT2D eigenvalue weighted by atomic mass is 15.1. The summed E-state index contributed by atoms with van der Waals surface area (Å²) >= 11 is 0. The maximum absolute atomic E-state index is 6.08. The van der Waals surface area contributed by atoms with Crippen molar-refractivity contribution < 1.29 is 0 Å². The van der Waals surface area contributed by atoms with Crippen molar-refractivity contribution in [3.05, 3.63) is 104 Å².